The molecule has 0 aromatic carbocycles. The first-order valence-electron chi connectivity index (χ1n) is 26.5. The summed E-state index contributed by atoms with van der Waals surface area (Å²) in [6.45, 7) is 2.41. The second-order valence-electron chi connectivity index (χ2n) is 18.3. The Bertz CT molecular complexity index is 1490. The first-order chi connectivity index (χ1) is 34.0. The van der Waals surface area contributed by atoms with Crippen LogP contribution in [0.2, 0.25) is 0 Å². The quantitative estimate of drug-likeness (QED) is 0.0176. The number of allylic oxidation sites excluding steroid dienone is 12. The van der Waals surface area contributed by atoms with E-state index in [2.05, 4.69) is 86.8 Å². The maximum atomic E-state index is 13.0. The van der Waals surface area contributed by atoms with Gasteiger partial charge in [-0.25, -0.2) is 0 Å². The zero-order valence-electron chi connectivity index (χ0n) is 42.5. The molecule has 4 unspecified atom stereocenters. The summed E-state index contributed by atoms with van der Waals surface area (Å²) < 4.78 is 33.5. The lowest BCUT2D eigenvalue weighted by Gasteiger charge is -2.42. The Morgan fingerprint density at radius 2 is 0.900 bits per heavy atom. The minimum atomic E-state index is -1.78. The third-order valence-corrected chi connectivity index (χ3v) is 12.2. The molecule has 70 heavy (non-hydrogen) atoms. The Morgan fingerprint density at radius 3 is 1.43 bits per heavy atom. The van der Waals surface area contributed by atoms with Crippen molar-refractivity contribution in [3.63, 3.8) is 0 Å². The van der Waals surface area contributed by atoms with Crippen LogP contribution in [0.25, 0.3) is 0 Å². The second kappa shape index (κ2) is 41.4. The summed E-state index contributed by atoms with van der Waals surface area (Å²) in [5.41, 5.74) is 0. The Labute approximate surface area is 419 Å². The molecule has 2 aliphatic rings. The molecule has 2 rings (SSSR count). The van der Waals surface area contributed by atoms with Gasteiger partial charge < -0.3 is 64.2 Å². The summed E-state index contributed by atoms with van der Waals surface area (Å²) in [5, 5.41) is 72.1. The minimum absolute atomic E-state index is 0.120. The van der Waals surface area contributed by atoms with Gasteiger partial charge in [0.1, 0.15) is 55.4 Å². The largest absolute Gasteiger partial charge is 0.462 e. The van der Waals surface area contributed by atoms with E-state index in [9.17, 15) is 45.3 Å². The van der Waals surface area contributed by atoms with Gasteiger partial charge in [0.25, 0.3) is 0 Å². The molecule has 0 aliphatic carbocycles. The molecule has 0 saturated carbocycles. The van der Waals surface area contributed by atoms with Gasteiger partial charge in [-0.1, -0.05) is 145 Å². The number of carbonyl (C=O) groups excluding carboxylic acids is 2. The van der Waals surface area contributed by atoms with Crippen molar-refractivity contribution in [1.29, 1.82) is 0 Å². The van der Waals surface area contributed by atoms with Crippen molar-refractivity contribution in [3.05, 3.63) is 72.9 Å². The highest BCUT2D eigenvalue weighted by atomic mass is 16.7. The van der Waals surface area contributed by atoms with E-state index in [1.807, 2.05) is 0 Å². The molecule has 11 atom stereocenters. The number of carbonyl (C=O) groups is 2. The number of esters is 2. The first-order valence-corrected chi connectivity index (χ1v) is 26.5. The van der Waals surface area contributed by atoms with Gasteiger partial charge in [-0.15, -0.1) is 0 Å². The van der Waals surface area contributed by atoms with E-state index < -0.39 is 99.3 Å². The topological polar surface area (TPSA) is 231 Å². The average molecular weight is 993 g/mol. The monoisotopic (exact) mass is 993 g/mol. The predicted octanol–water partition coefficient (Wildman–Crippen LogP) is 7.82. The average Bonchev–Trinajstić information content (AvgIpc) is 3.35. The third-order valence-electron chi connectivity index (χ3n) is 12.2. The van der Waals surface area contributed by atoms with Gasteiger partial charge in [0, 0.05) is 12.8 Å². The number of rotatable bonds is 40. The van der Waals surface area contributed by atoms with Gasteiger partial charge in [-0.05, 0) is 83.5 Å². The van der Waals surface area contributed by atoms with E-state index in [-0.39, 0.29) is 19.4 Å². The van der Waals surface area contributed by atoms with Crippen molar-refractivity contribution >= 4 is 11.9 Å². The molecule has 0 spiro atoms. The summed E-state index contributed by atoms with van der Waals surface area (Å²) in [6.07, 6.45) is 32.1. The van der Waals surface area contributed by atoms with Crippen molar-refractivity contribution in [2.75, 3.05) is 26.4 Å². The first kappa shape index (κ1) is 63.1. The lowest BCUT2D eigenvalue weighted by atomic mass is 9.98. The smallest absolute Gasteiger partial charge is 0.306 e. The van der Waals surface area contributed by atoms with Crippen LogP contribution < -0.4 is 0 Å². The van der Waals surface area contributed by atoms with Crippen LogP contribution in [-0.4, -0.2) is 142 Å². The molecular weight excluding hydrogens is 901 g/mol. The molecule has 2 aliphatic heterocycles. The molecule has 402 valence electrons. The fourth-order valence-electron chi connectivity index (χ4n) is 7.82. The molecule has 15 nitrogen and oxygen atoms in total. The second-order valence-corrected chi connectivity index (χ2v) is 18.3. The van der Waals surface area contributed by atoms with Gasteiger partial charge in [-0.2, -0.15) is 0 Å². The van der Waals surface area contributed by atoms with Gasteiger partial charge in [-0.3, -0.25) is 9.59 Å². The van der Waals surface area contributed by atoms with Crippen molar-refractivity contribution in [3.8, 4) is 0 Å². The fourth-order valence-corrected chi connectivity index (χ4v) is 7.82. The summed E-state index contributed by atoms with van der Waals surface area (Å²) in [4.78, 5) is 25.8. The van der Waals surface area contributed by atoms with E-state index in [0.717, 1.165) is 77.0 Å². The highest BCUT2D eigenvalue weighted by molar-refractivity contribution is 5.70. The minimum Gasteiger partial charge on any atom is -0.462 e. The number of aliphatic hydroxyl groups excluding tert-OH is 7. The molecule has 0 amide bonds. The van der Waals surface area contributed by atoms with Crippen LogP contribution in [0.1, 0.15) is 168 Å². The Morgan fingerprint density at radius 1 is 0.471 bits per heavy atom. The molecule has 0 bridgehead atoms. The molecule has 0 radical (unpaired) electrons. The molecule has 0 aromatic heterocycles. The van der Waals surface area contributed by atoms with Crippen LogP contribution in [0, 0.1) is 0 Å². The summed E-state index contributed by atoms with van der Waals surface area (Å²) in [6, 6.07) is 0. The lowest BCUT2D eigenvalue weighted by Crippen LogP contribution is -2.61. The van der Waals surface area contributed by atoms with Gasteiger partial charge in [0.2, 0.25) is 0 Å². The fraction of sp³-hybridized carbons (Fsp3) is 0.745. The Balaban J connectivity index is 1.83. The lowest BCUT2D eigenvalue weighted by molar-refractivity contribution is -0.332. The normalized spacial score (nSPS) is 26.0. The molecule has 15 heteroatoms. The van der Waals surface area contributed by atoms with Crippen LogP contribution in [0.5, 0.6) is 0 Å². The Kier molecular flexibility index (Phi) is 37.3. The summed E-state index contributed by atoms with van der Waals surface area (Å²) in [7, 11) is 0. The zero-order valence-corrected chi connectivity index (χ0v) is 42.5. The predicted molar refractivity (Wildman–Crippen MR) is 270 cm³/mol. The van der Waals surface area contributed by atoms with E-state index >= 15 is 0 Å². The number of aliphatic hydroxyl groups is 7. The Hall–Kier alpha value is -3.06. The number of unbranched alkanes of at least 4 members (excludes halogenated alkanes) is 14. The van der Waals surface area contributed by atoms with Crippen LogP contribution in [0.3, 0.4) is 0 Å². The van der Waals surface area contributed by atoms with E-state index in [1.165, 1.54) is 51.4 Å². The summed E-state index contributed by atoms with van der Waals surface area (Å²) >= 11 is 0. The SMILES string of the molecule is CC/C=C/C/C=C/C/C=C/C/C=C/C/C=C/CCCCCC(=O)O[C@H](COC(=O)CCCCC/C=C/CCCCCCCCCC)CO[C@H]1O[C@@H](CO[C@H]2O[C@@H](CO)[C@@H](O)C(O)C2O)[C@@H](O)C(O)C1O. The van der Waals surface area contributed by atoms with Gasteiger partial charge in [0.05, 0.1) is 19.8 Å². The number of ether oxygens (including phenoxy) is 6. The number of hydrogen-bond donors (Lipinski definition) is 7. The van der Waals surface area contributed by atoms with Crippen LogP contribution in [0.4, 0.5) is 0 Å². The molecule has 2 fully saturated rings. The number of hydrogen-bond acceptors (Lipinski definition) is 15. The van der Waals surface area contributed by atoms with Crippen LogP contribution >= 0.6 is 0 Å². The van der Waals surface area contributed by atoms with Crippen LogP contribution in [-0.2, 0) is 38.0 Å². The van der Waals surface area contributed by atoms with Crippen molar-refractivity contribution < 1.29 is 73.8 Å². The highest BCUT2D eigenvalue weighted by Crippen LogP contribution is 2.26. The molecule has 2 heterocycles. The highest BCUT2D eigenvalue weighted by Gasteiger charge is 2.47. The molecular formula is C55H92O15. The molecule has 2 saturated heterocycles. The van der Waals surface area contributed by atoms with Crippen molar-refractivity contribution in [1.82, 2.24) is 0 Å². The van der Waals surface area contributed by atoms with Crippen molar-refractivity contribution in [2.45, 2.75) is 235 Å². The zero-order chi connectivity index (χ0) is 51.0. The van der Waals surface area contributed by atoms with E-state index in [4.69, 9.17) is 28.4 Å². The maximum absolute atomic E-state index is 13.0. The van der Waals surface area contributed by atoms with Gasteiger partial charge >= 0.3 is 11.9 Å². The van der Waals surface area contributed by atoms with E-state index in [1.54, 1.807) is 0 Å². The molecule has 0 aromatic rings. The maximum Gasteiger partial charge on any atom is 0.306 e. The van der Waals surface area contributed by atoms with Crippen molar-refractivity contribution in [2.24, 2.45) is 0 Å². The van der Waals surface area contributed by atoms with E-state index in [0.29, 0.717) is 12.8 Å². The summed E-state index contributed by atoms with van der Waals surface area (Å²) in [5.74, 6) is -0.986. The van der Waals surface area contributed by atoms with Gasteiger partial charge in [0.15, 0.2) is 18.7 Å². The van der Waals surface area contributed by atoms with Crippen LogP contribution in [0.15, 0.2) is 72.9 Å². The standard InChI is InChI=1S/C55H92O15/c1-3-5-7-9-11-13-15-17-19-20-21-22-24-26-28-30-32-34-36-38-47(58)68-43(40-65-46(57)37-35-33-31-29-27-25-23-18-16-14-12-10-8-6-4-2)41-66-54-53(64)51(62)49(60)45(70-54)42-67-55-52(63)50(61)48(59)44(39-56)69-55/h5,7,11,13,17,19,21-22,25-28,43-45,48-56,59-64H,3-4,6,8-10,12,14-16,18,20,23-24,29-42H2,1-2H3/b7-5+,13-11+,19-17+,22-21+,27-25+,28-26+/t43-,44+,45+,48-,49-,50?,51?,52?,53?,54+,55+/m1/s1. The third kappa shape index (κ3) is 28.8. The molecule has 7 N–H and O–H groups in total.